The minimum Gasteiger partial charge on any atom is -0.497 e. The van der Waals surface area contributed by atoms with Gasteiger partial charge in [0.2, 0.25) is 5.91 Å². The number of hydrogen-bond donors (Lipinski definition) is 0. The van der Waals surface area contributed by atoms with Crippen LogP contribution in [-0.4, -0.2) is 30.0 Å². The Hall–Kier alpha value is -1.98. The predicted octanol–water partition coefficient (Wildman–Crippen LogP) is 4.81. The van der Waals surface area contributed by atoms with Gasteiger partial charge in [-0.25, -0.2) is 0 Å². The van der Waals surface area contributed by atoms with Crippen LogP contribution in [0.25, 0.3) is 0 Å². The Bertz CT molecular complexity index is 790. The molecule has 0 saturated carbocycles. The maximum atomic E-state index is 13.0. The molecule has 0 aliphatic carbocycles. The summed E-state index contributed by atoms with van der Waals surface area (Å²) in [4.78, 5) is 19.3. The molecule has 136 valence electrons. The van der Waals surface area contributed by atoms with Gasteiger partial charge >= 0.3 is 0 Å². The van der Waals surface area contributed by atoms with Gasteiger partial charge in [-0.3, -0.25) is 14.7 Å². The minimum absolute atomic E-state index is 0.0310. The SMILES string of the molecule is COc1ccc(CCC(=O)N(C2=N[C@H](C)CS2)c2ccc(Cl)cc2)cc1. The van der Waals surface area contributed by atoms with Crippen LogP contribution in [0.1, 0.15) is 18.9 Å². The fourth-order valence-electron chi connectivity index (χ4n) is 2.69. The number of hydrogen-bond acceptors (Lipinski definition) is 4. The van der Waals surface area contributed by atoms with E-state index in [1.165, 1.54) is 0 Å². The van der Waals surface area contributed by atoms with Gasteiger partial charge in [0.05, 0.1) is 18.8 Å². The molecule has 26 heavy (non-hydrogen) atoms. The molecule has 2 aromatic rings. The van der Waals surface area contributed by atoms with Crippen molar-refractivity contribution in [2.24, 2.45) is 4.99 Å². The van der Waals surface area contributed by atoms with E-state index in [2.05, 4.69) is 11.9 Å². The molecule has 2 aromatic carbocycles. The molecule has 0 spiro atoms. The van der Waals surface area contributed by atoms with Crippen molar-refractivity contribution in [2.45, 2.75) is 25.8 Å². The van der Waals surface area contributed by atoms with Crippen molar-refractivity contribution in [1.29, 1.82) is 0 Å². The smallest absolute Gasteiger partial charge is 0.233 e. The lowest BCUT2D eigenvalue weighted by Gasteiger charge is -2.22. The largest absolute Gasteiger partial charge is 0.497 e. The van der Waals surface area contributed by atoms with E-state index < -0.39 is 0 Å². The van der Waals surface area contributed by atoms with E-state index in [1.807, 2.05) is 36.4 Å². The number of amides is 1. The van der Waals surface area contributed by atoms with Crippen molar-refractivity contribution < 1.29 is 9.53 Å². The zero-order valence-corrected chi connectivity index (χ0v) is 16.4. The van der Waals surface area contributed by atoms with Crippen molar-refractivity contribution in [3.8, 4) is 5.75 Å². The van der Waals surface area contributed by atoms with Crippen LogP contribution in [0, 0.1) is 0 Å². The molecule has 0 aromatic heterocycles. The van der Waals surface area contributed by atoms with Crippen LogP contribution in [0.2, 0.25) is 5.02 Å². The number of amidine groups is 1. The van der Waals surface area contributed by atoms with Gasteiger partial charge in [0.25, 0.3) is 0 Å². The molecular formula is C20H21ClN2O2S. The van der Waals surface area contributed by atoms with Gasteiger partial charge in [-0.2, -0.15) is 0 Å². The summed E-state index contributed by atoms with van der Waals surface area (Å²) in [6.45, 7) is 2.06. The lowest BCUT2D eigenvalue weighted by atomic mass is 10.1. The minimum atomic E-state index is 0.0310. The monoisotopic (exact) mass is 388 g/mol. The molecule has 3 rings (SSSR count). The number of halogens is 1. The average Bonchev–Trinajstić information content (AvgIpc) is 3.08. The standard InChI is InChI=1S/C20H21ClN2O2S/c1-14-13-26-20(22-14)23(17-8-6-16(21)7-9-17)19(24)12-5-15-3-10-18(25-2)11-4-15/h3-4,6-11,14H,5,12-13H2,1-2H3/t14-/m1/s1. The molecule has 4 nitrogen and oxygen atoms in total. The number of nitrogens with zero attached hydrogens (tertiary/aromatic N) is 2. The number of carbonyl (C=O) groups is 1. The molecule has 1 amide bonds. The molecule has 0 N–H and O–H groups in total. The van der Waals surface area contributed by atoms with Gasteiger partial charge in [-0.15, -0.1) is 0 Å². The zero-order valence-electron chi connectivity index (χ0n) is 14.8. The predicted molar refractivity (Wildman–Crippen MR) is 110 cm³/mol. The topological polar surface area (TPSA) is 41.9 Å². The summed E-state index contributed by atoms with van der Waals surface area (Å²) in [6.07, 6.45) is 1.07. The van der Waals surface area contributed by atoms with Crippen LogP contribution in [0.3, 0.4) is 0 Å². The molecular weight excluding hydrogens is 368 g/mol. The first-order valence-corrected chi connectivity index (χ1v) is 9.85. The second-order valence-electron chi connectivity index (χ2n) is 6.13. The molecule has 6 heteroatoms. The van der Waals surface area contributed by atoms with E-state index in [0.29, 0.717) is 17.9 Å². The van der Waals surface area contributed by atoms with Gasteiger partial charge < -0.3 is 4.74 Å². The first-order chi connectivity index (χ1) is 12.6. The van der Waals surface area contributed by atoms with Crippen molar-refractivity contribution in [2.75, 3.05) is 17.8 Å². The third-order valence-electron chi connectivity index (χ3n) is 4.10. The molecule has 1 atom stereocenters. The van der Waals surface area contributed by atoms with Gasteiger partial charge in [-0.1, -0.05) is 35.5 Å². The van der Waals surface area contributed by atoms with E-state index in [-0.39, 0.29) is 11.9 Å². The lowest BCUT2D eigenvalue weighted by Crippen LogP contribution is -2.34. The second kappa shape index (κ2) is 8.60. The summed E-state index contributed by atoms with van der Waals surface area (Å²) in [6, 6.07) is 15.3. The Kier molecular flexibility index (Phi) is 6.22. The molecule has 0 unspecified atom stereocenters. The Morgan fingerprint density at radius 3 is 2.50 bits per heavy atom. The number of aliphatic imine (C=N–C) groups is 1. The van der Waals surface area contributed by atoms with Crippen LogP contribution < -0.4 is 9.64 Å². The number of rotatable bonds is 5. The number of benzene rings is 2. The number of anilines is 1. The van der Waals surface area contributed by atoms with Crippen molar-refractivity contribution in [3.63, 3.8) is 0 Å². The maximum absolute atomic E-state index is 13.0. The average molecular weight is 389 g/mol. The summed E-state index contributed by atoms with van der Waals surface area (Å²) in [7, 11) is 1.64. The first-order valence-electron chi connectivity index (χ1n) is 8.49. The molecule has 0 bridgehead atoms. The van der Waals surface area contributed by atoms with Crippen molar-refractivity contribution in [1.82, 2.24) is 0 Å². The highest BCUT2D eigenvalue weighted by atomic mass is 35.5. The summed E-state index contributed by atoms with van der Waals surface area (Å²) < 4.78 is 5.17. The Morgan fingerprint density at radius 2 is 1.92 bits per heavy atom. The Labute approximate surface area is 163 Å². The molecule has 0 fully saturated rings. The summed E-state index contributed by atoms with van der Waals surface area (Å²) >= 11 is 7.61. The van der Waals surface area contributed by atoms with Crippen LogP contribution in [-0.2, 0) is 11.2 Å². The molecule has 0 radical (unpaired) electrons. The van der Waals surface area contributed by atoms with Gasteiger partial charge in [0.1, 0.15) is 5.75 Å². The van der Waals surface area contributed by atoms with Gasteiger partial charge in [0.15, 0.2) is 5.17 Å². The van der Waals surface area contributed by atoms with Crippen LogP contribution >= 0.6 is 23.4 Å². The highest BCUT2D eigenvalue weighted by Crippen LogP contribution is 2.27. The van der Waals surface area contributed by atoms with Gasteiger partial charge in [0, 0.05) is 17.2 Å². The van der Waals surface area contributed by atoms with E-state index in [4.69, 9.17) is 16.3 Å². The Balaban J connectivity index is 1.76. The van der Waals surface area contributed by atoms with E-state index in [0.717, 1.165) is 27.9 Å². The highest BCUT2D eigenvalue weighted by Gasteiger charge is 2.26. The van der Waals surface area contributed by atoms with Crippen molar-refractivity contribution in [3.05, 3.63) is 59.1 Å². The number of methoxy groups -OCH3 is 1. The number of aryl methyl sites for hydroxylation is 1. The van der Waals surface area contributed by atoms with Crippen LogP contribution in [0.15, 0.2) is 53.5 Å². The molecule has 0 saturated heterocycles. The first kappa shape index (κ1) is 18.8. The van der Waals surface area contributed by atoms with E-state index in [1.54, 1.807) is 35.9 Å². The molecule has 1 aliphatic heterocycles. The van der Waals surface area contributed by atoms with E-state index in [9.17, 15) is 4.79 Å². The number of thioether (sulfide) groups is 1. The molecule has 1 aliphatic rings. The zero-order chi connectivity index (χ0) is 18.5. The van der Waals surface area contributed by atoms with Gasteiger partial charge in [-0.05, 0) is 55.3 Å². The summed E-state index contributed by atoms with van der Waals surface area (Å²) in [5, 5.41) is 1.41. The second-order valence-corrected chi connectivity index (χ2v) is 7.55. The number of carbonyl (C=O) groups excluding carboxylic acids is 1. The lowest BCUT2D eigenvalue weighted by molar-refractivity contribution is -0.117. The number of ether oxygens (including phenoxy) is 1. The van der Waals surface area contributed by atoms with Crippen LogP contribution in [0.4, 0.5) is 5.69 Å². The highest BCUT2D eigenvalue weighted by molar-refractivity contribution is 8.14. The quantitative estimate of drug-likeness (QED) is 0.738. The summed E-state index contributed by atoms with van der Waals surface area (Å²) in [5.74, 6) is 1.74. The van der Waals surface area contributed by atoms with Crippen molar-refractivity contribution >= 4 is 40.1 Å². The normalized spacial score (nSPS) is 16.3. The third kappa shape index (κ3) is 4.59. The fourth-order valence-corrected chi connectivity index (χ4v) is 3.87. The third-order valence-corrected chi connectivity index (χ3v) is 5.54. The maximum Gasteiger partial charge on any atom is 0.233 e. The molecule has 1 heterocycles. The summed E-state index contributed by atoms with van der Waals surface area (Å²) in [5.41, 5.74) is 1.90. The Morgan fingerprint density at radius 1 is 1.23 bits per heavy atom. The van der Waals surface area contributed by atoms with Crippen LogP contribution in [0.5, 0.6) is 5.75 Å². The fraction of sp³-hybridized carbons (Fsp3) is 0.300. The van der Waals surface area contributed by atoms with E-state index >= 15 is 0 Å².